The van der Waals surface area contributed by atoms with Crippen LogP contribution in [0.5, 0.6) is 11.5 Å². The number of benzene rings is 2. The van der Waals surface area contributed by atoms with Crippen molar-refractivity contribution in [1.82, 2.24) is 5.32 Å². The van der Waals surface area contributed by atoms with Gasteiger partial charge in [-0.3, -0.25) is 4.79 Å². The summed E-state index contributed by atoms with van der Waals surface area (Å²) in [5.41, 5.74) is 1.40. The average molecular weight is 377 g/mol. The summed E-state index contributed by atoms with van der Waals surface area (Å²) in [5.74, 6) is 0.588. The van der Waals surface area contributed by atoms with Crippen LogP contribution in [-0.2, 0) is 12.6 Å². The summed E-state index contributed by atoms with van der Waals surface area (Å²) in [5, 5.41) is 3.13. The molecule has 0 bridgehead atoms. The average Bonchev–Trinajstić information content (AvgIpc) is 2.66. The smallest absolute Gasteiger partial charge is 0.416 e. The normalized spacial score (nSPS) is 15.1. The molecular formula is C20H18F3NO3. The van der Waals surface area contributed by atoms with Crippen LogP contribution in [0.25, 0.3) is 5.70 Å². The predicted molar refractivity (Wildman–Crippen MR) is 95.0 cm³/mol. The largest absolute Gasteiger partial charge is 0.493 e. The van der Waals surface area contributed by atoms with E-state index < -0.39 is 17.5 Å². The van der Waals surface area contributed by atoms with Gasteiger partial charge in [-0.1, -0.05) is 12.1 Å². The van der Waals surface area contributed by atoms with Gasteiger partial charge in [-0.05, 0) is 36.2 Å². The second-order valence-corrected chi connectivity index (χ2v) is 6.04. The first kappa shape index (κ1) is 18.8. The van der Waals surface area contributed by atoms with Gasteiger partial charge >= 0.3 is 6.18 Å². The van der Waals surface area contributed by atoms with Gasteiger partial charge in [-0.15, -0.1) is 0 Å². The number of methoxy groups -OCH3 is 2. The van der Waals surface area contributed by atoms with Crippen molar-refractivity contribution in [3.63, 3.8) is 0 Å². The minimum atomic E-state index is -4.50. The van der Waals surface area contributed by atoms with Crippen molar-refractivity contribution in [3.8, 4) is 11.5 Å². The first-order chi connectivity index (χ1) is 12.8. The van der Waals surface area contributed by atoms with Crippen LogP contribution in [0.1, 0.15) is 27.0 Å². The topological polar surface area (TPSA) is 47.6 Å². The first-order valence-electron chi connectivity index (χ1n) is 8.26. The Hall–Kier alpha value is -2.96. The highest BCUT2D eigenvalue weighted by Gasteiger charge is 2.30. The maximum absolute atomic E-state index is 12.9. The molecule has 0 saturated heterocycles. The van der Waals surface area contributed by atoms with Crippen molar-refractivity contribution in [3.05, 3.63) is 64.7 Å². The minimum absolute atomic E-state index is 0.0216. The second kappa shape index (κ2) is 7.34. The van der Waals surface area contributed by atoms with Gasteiger partial charge in [0.25, 0.3) is 0 Å². The number of fused-ring (bicyclic) bond motifs is 1. The van der Waals surface area contributed by atoms with Crippen molar-refractivity contribution >= 4 is 11.5 Å². The van der Waals surface area contributed by atoms with Gasteiger partial charge in [0.1, 0.15) is 0 Å². The maximum atomic E-state index is 12.9. The van der Waals surface area contributed by atoms with Crippen LogP contribution in [0.4, 0.5) is 13.2 Å². The van der Waals surface area contributed by atoms with E-state index in [2.05, 4.69) is 5.32 Å². The van der Waals surface area contributed by atoms with Gasteiger partial charge in [0, 0.05) is 29.4 Å². The van der Waals surface area contributed by atoms with E-state index >= 15 is 0 Å². The van der Waals surface area contributed by atoms with Gasteiger partial charge in [-0.25, -0.2) is 0 Å². The fourth-order valence-electron chi connectivity index (χ4n) is 3.00. The van der Waals surface area contributed by atoms with E-state index in [4.69, 9.17) is 9.47 Å². The summed E-state index contributed by atoms with van der Waals surface area (Å²) < 4.78 is 49.2. The van der Waals surface area contributed by atoms with Gasteiger partial charge in [-0.2, -0.15) is 13.2 Å². The number of allylic oxidation sites excluding steroid dienone is 1. The zero-order valence-corrected chi connectivity index (χ0v) is 14.8. The van der Waals surface area contributed by atoms with Gasteiger partial charge in [0.15, 0.2) is 17.3 Å². The Balaban J connectivity index is 1.99. The van der Waals surface area contributed by atoms with E-state index in [1.807, 2.05) is 6.07 Å². The van der Waals surface area contributed by atoms with Crippen LogP contribution >= 0.6 is 0 Å². The molecule has 27 heavy (non-hydrogen) atoms. The lowest BCUT2D eigenvalue weighted by atomic mass is 9.95. The van der Waals surface area contributed by atoms with Crippen LogP contribution in [-0.4, -0.2) is 26.5 Å². The number of alkyl halides is 3. The van der Waals surface area contributed by atoms with Crippen molar-refractivity contribution in [2.24, 2.45) is 0 Å². The molecule has 1 heterocycles. The summed E-state index contributed by atoms with van der Waals surface area (Å²) in [6.45, 7) is 0.601. The monoisotopic (exact) mass is 377 g/mol. The Labute approximate surface area is 154 Å². The van der Waals surface area contributed by atoms with Crippen molar-refractivity contribution in [2.45, 2.75) is 12.6 Å². The number of rotatable bonds is 4. The Morgan fingerprint density at radius 2 is 1.81 bits per heavy atom. The SMILES string of the molecule is COc1cc2c(cc1OC)C(=CC(=O)c1cccc(C(F)(F)F)c1)NCC2. The molecule has 1 N–H and O–H groups in total. The number of carbonyl (C=O) groups is 1. The predicted octanol–water partition coefficient (Wildman–Crippen LogP) is 4.09. The quantitative estimate of drug-likeness (QED) is 0.644. The number of hydrogen-bond donors (Lipinski definition) is 1. The molecule has 2 aromatic carbocycles. The number of ether oxygens (including phenoxy) is 2. The fraction of sp³-hybridized carbons (Fsp3) is 0.250. The van der Waals surface area contributed by atoms with Crippen LogP contribution in [0, 0.1) is 0 Å². The van der Waals surface area contributed by atoms with Gasteiger partial charge < -0.3 is 14.8 Å². The molecule has 1 aliphatic rings. The van der Waals surface area contributed by atoms with Crippen molar-refractivity contribution in [1.29, 1.82) is 0 Å². The molecule has 0 aliphatic carbocycles. The highest BCUT2D eigenvalue weighted by atomic mass is 19.4. The molecule has 0 unspecified atom stereocenters. The van der Waals surface area contributed by atoms with Crippen molar-refractivity contribution < 1.29 is 27.4 Å². The minimum Gasteiger partial charge on any atom is -0.493 e. The molecule has 1 aliphatic heterocycles. The van der Waals surface area contributed by atoms with E-state index in [9.17, 15) is 18.0 Å². The third kappa shape index (κ3) is 3.92. The molecule has 0 atom stereocenters. The number of halogens is 3. The van der Waals surface area contributed by atoms with Crippen LogP contribution < -0.4 is 14.8 Å². The van der Waals surface area contributed by atoms with Crippen molar-refractivity contribution in [2.75, 3.05) is 20.8 Å². The molecule has 2 aromatic rings. The Kier molecular flexibility index (Phi) is 5.12. The van der Waals surface area contributed by atoms with E-state index in [0.29, 0.717) is 23.7 Å². The summed E-state index contributed by atoms with van der Waals surface area (Å²) in [6, 6.07) is 7.99. The van der Waals surface area contributed by atoms with Gasteiger partial charge in [0.05, 0.1) is 19.8 Å². The molecule has 0 saturated carbocycles. The standard InChI is InChI=1S/C20H18F3NO3/c1-26-18-9-12-6-7-24-16(15(12)10-19(18)27-2)11-17(25)13-4-3-5-14(8-13)20(21,22)23/h3-5,8-11,24H,6-7H2,1-2H3. The van der Waals surface area contributed by atoms with E-state index in [-0.39, 0.29) is 5.56 Å². The van der Waals surface area contributed by atoms with E-state index in [1.54, 1.807) is 13.2 Å². The third-order valence-electron chi connectivity index (χ3n) is 4.36. The number of hydrogen-bond acceptors (Lipinski definition) is 4. The van der Waals surface area contributed by atoms with E-state index in [0.717, 1.165) is 29.7 Å². The summed E-state index contributed by atoms with van der Waals surface area (Å²) >= 11 is 0. The summed E-state index contributed by atoms with van der Waals surface area (Å²) in [4.78, 5) is 12.5. The lowest BCUT2D eigenvalue weighted by Gasteiger charge is -2.23. The van der Waals surface area contributed by atoms with Gasteiger partial charge in [0.2, 0.25) is 0 Å². The zero-order chi connectivity index (χ0) is 19.6. The Morgan fingerprint density at radius 3 is 2.48 bits per heavy atom. The fourth-order valence-corrected chi connectivity index (χ4v) is 3.00. The molecular weight excluding hydrogens is 359 g/mol. The maximum Gasteiger partial charge on any atom is 0.416 e. The van der Waals surface area contributed by atoms with Crippen LogP contribution in [0.3, 0.4) is 0 Å². The second-order valence-electron chi connectivity index (χ2n) is 6.04. The molecule has 0 radical (unpaired) electrons. The molecule has 4 nitrogen and oxygen atoms in total. The number of ketones is 1. The first-order valence-corrected chi connectivity index (χ1v) is 8.26. The molecule has 142 valence electrons. The number of nitrogens with one attached hydrogen (secondary N) is 1. The van der Waals surface area contributed by atoms with Crippen LogP contribution in [0.15, 0.2) is 42.5 Å². The highest BCUT2D eigenvalue weighted by Crippen LogP contribution is 2.35. The molecule has 0 aromatic heterocycles. The number of carbonyl (C=O) groups excluding carboxylic acids is 1. The Bertz CT molecular complexity index is 904. The van der Waals surface area contributed by atoms with E-state index in [1.165, 1.54) is 25.3 Å². The molecule has 0 amide bonds. The van der Waals surface area contributed by atoms with Crippen LogP contribution in [0.2, 0.25) is 0 Å². The molecule has 7 heteroatoms. The summed E-state index contributed by atoms with van der Waals surface area (Å²) in [7, 11) is 3.05. The zero-order valence-electron chi connectivity index (χ0n) is 14.8. The lowest BCUT2D eigenvalue weighted by Crippen LogP contribution is -2.23. The highest BCUT2D eigenvalue weighted by molar-refractivity contribution is 6.08. The lowest BCUT2D eigenvalue weighted by molar-refractivity contribution is -0.137. The Morgan fingerprint density at radius 1 is 1.11 bits per heavy atom. The molecule has 0 fully saturated rings. The summed E-state index contributed by atoms with van der Waals surface area (Å²) in [6.07, 6.45) is -2.45. The third-order valence-corrected chi connectivity index (χ3v) is 4.36. The molecule has 0 spiro atoms. The molecule has 3 rings (SSSR count).